The minimum atomic E-state index is -1.04. The second kappa shape index (κ2) is 5.50. The van der Waals surface area contributed by atoms with Crippen molar-refractivity contribution in [3.05, 3.63) is 71.3 Å². The Morgan fingerprint density at radius 3 is 2.08 bits per heavy atom. The van der Waals surface area contributed by atoms with Crippen LogP contribution in [0.5, 0.6) is 0 Å². The fraction of sp³-hybridized carbons (Fsp3) is 0.111. The van der Waals surface area contributed by atoms with E-state index in [1.54, 1.807) is 36.4 Å². The predicted molar refractivity (Wildman–Crippen MR) is 87.5 cm³/mol. The topological polar surface area (TPSA) is 82.3 Å². The number of hydrogen-bond donors (Lipinski definition) is 1. The third-order valence-electron chi connectivity index (χ3n) is 4.31. The van der Waals surface area contributed by atoms with E-state index in [0.29, 0.717) is 22.4 Å². The van der Waals surface area contributed by atoms with Crippen molar-refractivity contribution in [1.82, 2.24) is 5.06 Å². The van der Waals surface area contributed by atoms with Crippen LogP contribution < -0.4 is 0 Å². The van der Waals surface area contributed by atoms with Gasteiger partial charge in [0.15, 0.2) is 11.6 Å². The minimum absolute atomic E-state index is 0.307. The molecule has 1 unspecified atom stereocenters. The number of rotatable bonds is 2. The van der Waals surface area contributed by atoms with Gasteiger partial charge in [-0.25, -0.2) is 5.06 Å². The van der Waals surface area contributed by atoms with E-state index in [0.717, 1.165) is 11.4 Å². The van der Waals surface area contributed by atoms with Crippen molar-refractivity contribution in [2.75, 3.05) is 0 Å². The number of Topliss-reactive ketones (excluding diaryl/α,β-unsaturated/α-hetero) is 2. The molecule has 4 rings (SSSR count). The van der Waals surface area contributed by atoms with Crippen LogP contribution in [-0.2, 0) is 0 Å². The van der Waals surface area contributed by atoms with Crippen molar-refractivity contribution in [3.63, 3.8) is 0 Å². The molecule has 24 heavy (non-hydrogen) atoms. The molecule has 1 aliphatic heterocycles. The summed E-state index contributed by atoms with van der Waals surface area (Å²) in [6.07, 6.45) is 1.11. The lowest BCUT2D eigenvalue weighted by Gasteiger charge is -2.30. The molecular formula is C18H13N3O3. The van der Waals surface area contributed by atoms with Gasteiger partial charge in [0.25, 0.3) is 0 Å². The zero-order chi connectivity index (χ0) is 16.7. The molecule has 0 saturated heterocycles. The molecule has 0 radical (unpaired) electrons. The molecule has 1 aliphatic carbocycles. The number of ketones is 2. The summed E-state index contributed by atoms with van der Waals surface area (Å²) in [5.41, 5.74) is 1.86. The molecule has 1 atom stereocenters. The third kappa shape index (κ3) is 2.08. The van der Waals surface area contributed by atoms with Gasteiger partial charge < -0.3 is 0 Å². The van der Waals surface area contributed by atoms with E-state index in [1.807, 2.05) is 18.2 Å². The Balaban J connectivity index is 1.80. The molecule has 1 N–H and O–H groups in total. The molecule has 0 bridgehead atoms. The zero-order valence-corrected chi connectivity index (χ0v) is 12.5. The third-order valence-corrected chi connectivity index (χ3v) is 4.31. The fourth-order valence-electron chi connectivity index (χ4n) is 3.20. The number of fused-ring (bicyclic) bond motifs is 1. The Hall–Kier alpha value is -3.12. The van der Waals surface area contributed by atoms with Crippen molar-refractivity contribution >= 4 is 23.6 Å². The molecule has 2 aromatic rings. The van der Waals surface area contributed by atoms with E-state index in [1.165, 1.54) is 0 Å². The van der Waals surface area contributed by atoms with Gasteiger partial charge in [0.1, 0.15) is 18.3 Å². The highest BCUT2D eigenvalue weighted by Crippen LogP contribution is 2.32. The quantitative estimate of drug-likeness (QED) is 0.860. The number of nitrogens with zero attached hydrogens (tertiary/aromatic N) is 3. The first-order chi connectivity index (χ1) is 11.7. The Morgan fingerprint density at radius 2 is 1.46 bits per heavy atom. The lowest BCUT2D eigenvalue weighted by atomic mass is 9.87. The lowest BCUT2D eigenvalue weighted by molar-refractivity contribution is -0.0377. The number of carbonyl (C=O) groups excluding carboxylic acids is 2. The Morgan fingerprint density at radius 1 is 0.875 bits per heavy atom. The van der Waals surface area contributed by atoms with Crippen LogP contribution in [0.1, 0.15) is 26.3 Å². The molecular weight excluding hydrogens is 306 g/mol. The van der Waals surface area contributed by atoms with E-state index in [4.69, 9.17) is 0 Å². The average molecular weight is 319 g/mol. The van der Waals surface area contributed by atoms with Gasteiger partial charge in [-0.15, -0.1) is 5.10 Å². The van der Waals surface area contributed by atoms with Crippen LogP contribution in [-0.4, -0.2) is 39.9 Å². The molecule has 0 fully saturated rings. The van der Waals surface area contributed by atoms with Crippen LogP contribution in [0.4, 0.5) is 0 Å². The van der Waals surface area contributed by atoms with E-state index in [-0.39, 0.29) is 11.6 Å². The molecule has 2 aliphatic rings. The molecule has 118 valence electrons. The highest BCUT2D eigenvalue weighted by atomic mass is 16.5. The SMILES string of the molecule is O=C1c2ccccc2C(=O)C1C1C(c2ccccc2)=NN=CN1O. The summed E-state index contributed by atoms with van der Waals surface area (Å²) in [4.78, 5) is 25.5. The largest absolute Gasteiger partial charge is 0.293 e. The molecule has 6 heteroatoms. The van der Waals surface area contributed by atoms with Crippen LogP contribution in [0.3, 0.4) is 0 Å². The normalized spacial score (nSPS) is 20.3. The number of hydroxylamine groups is 2. The first-order valence-electron chi connectivity index (χ1n) is 7.49. The Labute approximate surface area is 137 Å². The monoisotopic (exact) mass is 319 g/mol. The van der Waals surface area contributed by atoms with E-state index >= 15 is 0 Å². The van der Waals surface area contributed by atoms with E-state index in [9.17, 15) is 14.8 Å². The van der Waals surface area contributed by atoms with Crippen LogP contribution in [0.15, 0.2) is 64.8 Å². The van der Waals surface area contributed by atoms with E-state index < -0.39 is 12.0 Å². The highest BCUT2D eigenvalue weighted by Gasteiger charge is 2.48. The molecule has 1 heterocycles. The fourth-order valence-corrected chi connectivity index (χ4v) is 3.20. The first kappa shape index (κ1) is 14.5. The number of benzene rings is 2. The number of carbonyl (C=O) groups is 2. The summed E-state index contributed by atoms with van der Waals surface area (Å²) in [5.74, 6) is -1.66. The van der Waals surface area contributed by atoms with E-state index in [2.05, 4.69) is 10.2 Å². The average Bonchev–Trinajstić information content (AvgIpc) is 2.87. The van der Waals surface area contributed by atoms with Gasteiger partial charge in [-0.3, -0.25) is 14.8 Å². The summed E-state index contributed by atoms with van der Waals surface area (Å²) in [6.45, 7) is 0. The maximum absolute atomic E-state index is 12.8. The van der Waals surface area contributed by atoms with Crippen molar-refractivity contribution in [2.45, 2.75) is 6.04 Å². The lowest BCUT2D eigenvalue weighted by Crippen LogP contribution is -2.49. The van der Waals surface area contributed by atoms with Gasteiger partial charge >= 0.3 is 0 Å². The maximum Gasteiger partial charge on any atom is 0.177 e. The summed E-state index contributed by atoms with van der Waals surface area (Å²) in [5, 5.41) is 18.9. The van der Waals surface area contributed by atoms with Crippen LogP contribution in [0.25, 0.3) is 0 Å². The van der Waals surface area contributed by atoms with Gasteiger partial charge in [0.2, 0.25) is 0 Å². The van der Waals surface area contributed by atoms with Crippen molar-refractivity contribution in [1.29, 1.82) is 0 Å². The van der Waals surface area contributed by atoms with Crippen LogP contribution >= 0.6 is 0 Å². The summed E-state index contributed by atoms with van der Waals surface area (Å²) < 4.78 is 0. The molecule has 6 nitrogen and oxygen atoms in total. The van der Waals surface area contributed by atoms with Crippen molar-refractivity contribution in [2.24, 2.45) is 16.1 Å². The van der Waals surface area contributed by atoms with Crippen molar-refractivity contribution in [3.8, 4) is 0 Å². The van der Waals surface area contributed by atoms with Gasteiger partial charge in [-0.1, -0.05) is 54.6 Å². The molecule has 0 saturated carbocycles. The second-order valence-electron chi connectivity index (χ2n) is 5.66. The number of hydrogen-bond acceptors (Lipinski definition) is 6. The first-order valence-corrected chi connectivity index (χ1v) is 7.49. The van der Waals surface area contributed by atoms with Gasteiger partial charge in [-0.05, 0) is 0 Å². The summed E-state index contributed by atoms with van der Waals surface area (Å²) >= 11 is 0. The molecule has 2 aromatic carbocycles. The minimum Gasteiger partial charge on any atom is -0.293 e. The van der Waals surface area contributed by atoms with Crippen LogP contribution in [0.2, 0.25) is 0 Å². The zero-order valence-electron chi connectivity index (χ0n) is 12.5. The predicted octanol–water partition coefficient (Wildman–Crippen LogP) is 2.19. The Kier molecular flexibility index (Phi) is 3.32. The van der Waals surface area contributed by atoms with Gasteiger partial charge in [0.05, 0.1) is 5.71 Å². The maximum atomic E-state index is 12.8. The van der Waals surface area contributed by atoms with Gasteiger partial charge in [-0.2, -0.15) is 5.10 Å². The van der Waals surface area contributed by atoms with Crippen LogP contribution in [0, 0.1) is 5.92 Å². The molecule has 0 amide bonds. The summed E-state index contributed by atoms with van der Waals surface area (Å²) in [6, 6.07) is 14.9. The summed E-state index contributed by atoms with van der Waals surface area (Å²) in [7, 11) is 0. The second-order valence-corrected chi connectivity index (χ2v) is 5.66. The standard InChI is InChI=1S/C18H13N3O3/c22-17-12-8-4-5-9-13(12)18(23)14(17)16-15(20-19-10-21(16)24)11-6-2-1-3-7-11/h1-10,14,16,24H. The van der Waals surface area contributed by atoms with Crippen molar-refractivity contribution < 1.29 is 14.8 Å². The molecule has 0 aromatic heterocycles. The van der Waals surface area contributed by atoms with Gasteiger partial charge in [0, 0.05) is 16.7 Å². The molecule has 0 spiro atoms. The Bertz CT molecular complexity index is 854. The highest BCUT2D eigenvalue weighted by molar-refractivity contribution is 6.29. The smallest absolute Gasteiger partial charge is 0.177 e.